The third-order valence-corrected chi connectivity index (χ3v) is 7.04. The van der Waals surface area contributed by atoms with Crippen molar-refractivity contribution >= 4 is 29.2 Å². The predicted molar refractivity (Wildman–Crippen MR) is 156 cm³/mol. The van der Waals surface area contributed by atoms with E-state index >= 15 is 0 Å². The monoisotopic (exact) mass is 527 g/mol. The van der Waals surface area contributed by atoms with Gasteiger partial charge in [-0.25, -0.2) is 4.79 Å². The topological polar surface area (TPSA) is 87.1 Å². The minimum atomic E-state index is -1.00. The molecule has 1 aliphatic heterocycles. The average molecular weight is 528 g/mol. The zero-order valence-corrected chi connectivity index (χ0v) is 23.8. The van der Waals surface area contributed by atoms with Crippen LogP contribution in [0.25, 0.3) is 11.6 Å². The van der Waals surface area contributed by atoms with Crippen LogP contribution in [-0.2, 0) is 22.2 Å². The summed E-state index contributed by atoms with van der Waals surface area (Å²) in [6.07, 6.45) is 1.89. The van der Waals surface area contributed by atoms with Crippen LogP contribution in [0.15, 0.2) is 54.6 Å². The highest BCUT2D eigenvalue weighted by Crippen LogP contribution is 2.43. The van der Waals surface area contributed by atoms with Crippen molar-refractivity contribution in [3.63, 3.8) is 0 Å². The van der Waals surface area contributed by atoms with Gasteiger partial charge in [-0.15, -0.1) is 0 Å². The minimum absolute atomic E-state index is 0.0909. The van der Waals surface area contributed by atoms with Gasteiger partial charge < -0.3 is 19.8 Å². The Morgan fingerprint density at radius 2 is 1.56 bits per heavy atom. The number of phenols is 1. The molecular formula is C33H37NO5. The lowest BCUT2D eigenvalue weighted by atomic mass is 9.78. The maximum Gasteiger partial charge on any atom is 0.336 e. The number of carboxylic acid groups (broad SMARTS) is 1. The average Bonchev–Trinajstić information content (AvgIpc) is 3.12. The molecule has 6 heteroatoms. The summed E-state index contributed by atoms with van der Waals surface area (Å²) in [5.41, 5.74) is 4.79. The van der Waals surface area contributed by atoms with Gasteiger partial charge in [-0.05, 0) is 65.8 Å². The van der Waals surface area contributed by atoms with Crippen LogP contribution in [0.3, 0.4) is 0 Å². The summed E-state index contributed by atoms with van der Waals surface area (Å²) in [6.45, 7) is 14.9. The number of hydrogen-bond donors (Lipinski definition) is 2. The molecule has 0 radical (unpaired) electrons. The molecule has 0 saturated carbocycles. The van der Waals surface area contributed by atoms with E-state index in [1.165, 1.54) is 0 Å². The number of nitrogens with zero attached hydrogens (tertiary/aromatic N) is 1. The number of aromatic carboxylic acids is 1. The molecule has 4 rings (SSSR count). The summed E-state index contributed by atoms with van der Waals surface area (Å²) in [4.78, 5) is 26.9. The molecule has 0 saturated heterocycles. The molecule has 0 spiro atoms. The van der Waals surface area contributed by atoms with Gasteiger partial charge >= 0.3 is 5.97 Å². The number of hydrogen-bond acceptors (Lipinski definition) is 4. The van der Waals surface area contributed by atoms with Gasteiger partial charge in [-0.3, -0.25) is 4.79 Å². The molecular weight excluding hydrogens is 490 g/mol. The summed E-state index contributed by atoms with van der Waals surface area (Å²) < 4.78 is 6.00. The Kier molecular flexibility index (Phi) is 7.35. The van der Waals surface area contributed by atoms with E-state index in [-0.39, 0.29) is 28.9 Å². The fraction of sp³-hybridized carbons (Fsp3) is 0.333. The molecule has 1 heterocycles. The molecule has 0 bridgehead atoms. The number of carbonyl (C=O) groups excluding carboxylic acids is 1. The molecule has 1 aliphatic rings. The van der Waals surface area contributed by atoms with Crippen LogP contribution >= 0.6 is 0 Å². The van der Waals surface area contributed by atoms with Gasteiger partial charge in [0.2, 0.25) is 0 Å². The van der Waals surface area contributed by atoms with Gasteiger partial charge in [0.15, 0.2) is 0 Å². The fourth-order valence-corrected chi connectivity index (χ4v) is 4.95. The number of aromatic hydroxyl groups is 1. The Balaban J connectivity index is 1.78. The highest BCUT2D eigenvalue weighted by atomic mass is 16.5. The molecule has 6 nitrogen and oxygen atoms in total. The number of carbonyl (C=O) groups is 2. The van der Waals surface area contributed by atoms with E-state index in [2.05, 4.69) is 41.5 Å². The normalized spacial score (nSPS) is 14.6. The van der Waals surface area contributed by atoms with Crippen LogP contribution < -0.4 is 9.64 Å². The number of likely N-dealkylation sites (N-methyl/N-ethyl adjacent to an activating group) is 1. The van der Waals surface area contributed by atoms with Crippen LogP contribution in [0.1, 0.15) is 86.6 Å². The van der Waals surface area contributed by atoms with Crippen molar-refractivity contribution in [1.82, 2.24) is 0 Å². The maximum atomic E-state index is 13.5. The van der Waals surface area contributed by atoms with Crippen LogP contribution in [0.5, 0.6) is 11.5 Å². The Morgan fingerprint density at radius 3 is 2.13 bits per heavy atom. The van der Waals surface area contributed by atoms with E-state index in [1.54, 1.807) is 35.2 Å². The highest BCUT2D eigenvalue weighted by molar-refractivity contribution is 6.35. The zero-order valence-electron chi connectivity index (χ0n) is 23.8. The van der Waals surface area contributed by atoms with Crippen LogP contribution in [0.4, 0.5) is 5.69 Å². The second kappa shape index (κ2) is 10.3. The van der Waals surface area contributed by atoms with Gasteiger partial charge in [0.25, 0.3) is 5.91 Å². The smallest absolute Gasteiger partial charge is 0.336 e. The third-order valence-electron chi connectivity index (χ3n) is 7.04. The van der Waals surface area contributed by atoms with Crippen molar-refractivity contribution in [1.29, 1.82) is 0 Å². The summed E-state index contributed by atoms with van der Waals surface area (Å²) in [5.74, 6) is -0.260. The quantitative estimate of drug-likeness (QED) is 0.332. The molecule has 0 atom stereocenters. The molecule has 1 amide bonds. The number of amides is 1. The van der Waals surface area contributed by atoms with Crippen LogP contribution in [0, 0.1) is 0 Å². The van der Waals surface area contributed by atoms with Crippen LogP contribution in [0.2, 0.25) is 0 Å². The second-order valence-electron chi connectivity index (χ2n) is 12.0. The molecule has 0 unspecified atom stereocenters. The van der Waals surface area contributed by atoms with E-state index in [1.807, 2.05) is 37.3 Å². The van der Waals surface area contributed by atoms with E-state index in [0.717, 1.165) is 27.9 Å². The van der Waals surface area contributed by atoms with Crippen molar-refractivity contribution in [3.05, 3.63) is 88.0 Å². The molecule has 204 valence electrons. The Hall–Kier alpha value is -4.06. The molecule has 0 fully saturated rings. The predicted octanol–water partition coefficient (Wildman–Crippen LogP) is 7.17. The first-order valence-corrected chi connectivity index (χ1v) is 13.2. The van der Waals surface area contributed by atoms with E-state index in [4.69, 9.17) is 4.74 Å². The van der Waals surface area contributed by atoms with Crippen molar-refractivity contribution in [2.24, 2.45) is 0 Å². The van der Waals surface area contributed by atoms with E-state index in [0.29, 0.717) is 29.2 Å². The van der Waals surface area contributed by atoms with E-state index < -0.39 is 5.97 Å². The second-order valence-corrected chi connectivity index (χ2v) is 12.0. The third kappa shape index (κ3) is 5.56. The van der Waals surface area contributed by atoms with Gasteiger partial charge in [0, 0.05) is 34.4 Å². The SMILES string of the molecule is CCN1C(=O)/C(=C/c2cc(C(C)(C)C)c(O)c(C(C)(C)C)c2)c2cc(OCc3ccccc3C(=O)O)ccc21. The van der Waals surface area contributed by atoms with Crippen molar-refractivity contribution in [2.45, 2.75) is 65.9 Å². The largest absolute Gasteiger partial charge is 0.507 e. The van der Waals surface area contributed by atoms with Crippen molar-refractivity contribution in [3.8, 4) is 11.5 Å². The highest BCUT2D eigenvalue weighted by Gasteiger charge is 2.33. The Bertz CT molecular complexity index is 1440. The number of ether oxygens (including phenoxy) is 1. The first-order valence-electron chi connectivity index (χ1n) is 13.2. The molecule has 0 aromatic heterocycles. The summed E-state index contributed by atoms with van der Waals surface area (Å²) in [5, 5.41) is 20.6. The lowest BCUT2D eigenvalue weighted by Gasteiger charge is -2.28. The fourth-order valence-electron chi connectivity index (χ4n) is 4.95. The van der Waals surface area contributed by atoms with Crippen LogP contribution in [-0.4, -0.2) is 28.6 Å². The molecule has 3 aromatic carbocycles. The van der Waals surface area contributed by atoms with Crippen molar-refractivity contribution in [2.75, 3.05) is 11.4 Å². The number of rotatable bonds is 6. The first-order chi connectivity index (χ1) is 18.2. The number of benzene rings is 3. The molecule has 39 heavy (non-hydrogen) atoms. The van der Waals surface area contributed by atoms with E-state index in [9.17, 15) is 19.8 Å². The van der Waals surface area contributed by atoms with Gasteiger partial charge in [-0.2, -0.15) is 0 Å². The molecule has 2 N–H and O–H groups in total. The van der Waals surface area contributed by atoms with Gasteiger partial charge in [0.1, 0.15) is 18.1 Å². The lowest BCUT2D eigenvalue weighted by molar-refractivity contribution is -0.112. The summed E-state index contributed by atoms with van der Waals surface area (Å²) in [7, 11) is 0. The number of carboxylic acids is 1. The molecule has 0 aliphatic carbocycles. The van der Waals surface area contributed by atoms with Gasteiger partial charge in [-0.1, -0.05) is 59.7 Å². The zero-order chi connectivity index (χ0) is 28.7. The van der Waals surface area contributed by atoms with Gasteiger partial charge in [0.05, 0.1) is 11.3 Å². The maximum absolute atomic E-state index is 13.5. The lowest BCUT2D eigenvalue weighted by Crippen LogP contribution is -2.25. The molecule has 3 aromatic rings. The first kappa shape index (κ1) is 28.0. The van der Waals surface area contributed by atoms with Crippen molar-refractivity contribution < 1.29 is 24.5 Å². The minimum Gasteiger partial charge on any atom is -0.507 e. The summed E-state index contributed by atoms with van der Waals surface area (Å²) >= 11 is 0. The number of phenolic OH excluding ortho intramolecular Hbond substituents is 1. The Labute approximate surface area is 230 Å². The number of fused-ring (bicyclic) bond motifs is 1. The summed E-state index contributed by atoms with van der Waals surface area (Å²) in [6, 6.07) is 16.2. The Morgan fingerprint density at radius 1 is 0.949 bits per heavy atom. The number of anilines is 1. The standard InChI is InChI=1S/C33H37NO5/c1-8-34-28-14-13-22(39-19-21-11-9-10-12-23(21)31(37)38)18-24(28)25(30(34)36)15-20-16-26(32(2,3)4)29(35)27(17-20)33(5,6)7/h9-18,35H,8,19H2,1-7H3,(H,37,38)/b25-15+.